The van der Waals surface area contributed by atoms with Gasteiger partial charge >= 0.3 is 0 Å². The van der Waals surface area contributed by atoms with E-state index in [0.717, 1.165) is 24.8 Å². The van der Waals surface area contributed by atoms with Gasteiger partial charge in [0, 0.05) is 6.61 Å². The molecular weight excluding hydrogens is 386 g/mol. The topological polar surface area (TPSA) is 27.7 Å². The maximum absolute atomic E-state index is 14.7. The highest BCUT2D eigenvalue weighted by Crippen LogP contribution is 2.29. The van der Waals surface area contributed by atoms with Crippen LogP contribution in [0, 0.1) is 11.6 Å². The quantitative estimate of drug-likeness (QED) is 0.460. The van der Waals surface area contributed by atoms with Gasteiger partial charge in [-0.3, -0.25) is 0 Å². The van der Waals surface area contributed by atoms with Gasteiger partial charge in [0.05, 0.1) is 12.2 Å². The van der Waals surface area contributed by atoms with Crippen LogP contribution in [0.2, 0.25) is 0 Å². The van der Waals surface area contributed by atoms with E-state index in [1.54, 1.807) is 24.3 Å². The molecule has 30 heavy (non-hydrogen) atoms. The third-order valence-corrected chi connectivity index (χ3v) is 5.07. The SMILES string of the molecule is Fc1cc(COC2CCCCO2)cc(F)c1-c1ccc(OCc2ccccc2)cc1. The molecule has 1 fully saturated rings. The number of rotatable bonds is 7. The Morgan fingerprint density at radius 2 is 1.57 bits per heavy atom. The molecule has 0 radical (unpaired) electrons. The average Bonchev–Trinajstić information content (AvgIpc) is 2.78. The molecule has 0 aliphatic carbocycles. The number of benzene rings is 3. The number of ether oxygens (including phenoxy) is 3. The first-order chi connectivity index (χ1) is 14.7. The minimum atomic E-state index is -0.615. The molecule has 0 spiro atoms. The zero-order valence-electron chi connectivity index (χ0n) is 16.7. The van der Waals surface area contributed by atoms with E-state index in [4.69, 9.17) is 14.2 Å². The Balaban J connectivity index is 1.41. The van der Waals surface area contributed by atoms with Gasteiger partial charge in [0.15, 0.2) is 6.29 Å². The zero-order chi connectivity index (χ0) is 20.8. The van der Waals surface area contributed by atoms with Crippen molar-refractivity contribution >= 4 is 0 Å². The van der Waals surface area contributed by atoms with Crippen molar-refractivity contribution in [1.82, 2.24) is 0 Å². The van der Waals surface area contributed by atoms with Crippen LogP contribution >= 0.6 is 0 Å². The molecule has 1 aliphatic rings. The summed E-state index contributed by atoms with van der Waals surface area (Å²) in [4.78, 5) is 0. The van der Waals surface area contributed by atoms with Crippen molar-refractivity contribution in [2.75, 3.05) is 6.61 Å². The molecule has 0 amide bonds. The Morgan fingerprint density at radius 3 is 2.23 bits per heavy atom. The predicted octanol–water partition coefficient (Wildman–Crippen LogP) is 6.25. The zero-order valence-corrected chi connectivity index (χ0v) is 16.7. The van der Waals surface area contributed by atoms with E-state index < -0.39 is 11.6 Å². The first-order valence-electron chi connectivity index (χ1n) is 10.2. The second-order valence-electron chi connectivity index (χ2n) is 7.34. The first kappa shape index (κ1) is 20.5. The van der Waals surface area contributed by atoms with Gasteiger partial charge in [0.1, 0.15) is 24.0 Å². The van der Waals surface area contributed by atoms with Gasteiger partial charge in [-0.2, -0.15) is 0 Å². The van der Waals surface area contributed by atoms with Gasteiger partial charge < -0.3 is 14.2 Å². The van der Waals surface area contributed by atoms with E-state index >= 15 is 0 Å². The molecule has 156 valence electrons. The van der Waals surface area contributed by atoms with Crippen LogP contribution in [0.3, 0.4) is 0 Å². The van der Waals surface area contributed by atoms with E-state index in [1.165, 1.54) is 12.1 Å². The summed E-state index contributed by atoms with van der Waals surface area (Å²) in [5.41, 5.74) is 1.91. The van der Waals surface area contributed by atoms with Crippen molar-refractivity contribution in [3.8, 4) is 16.9 Å². The summed E-state index contributed by atoms with van der Waals surface area (Å²) in [6, 6.07) is 19.2. The molecule has 5 heteroatoms. The highest BCUT2D eigenvalue weighted by atomic mass is 19.1. The largest absolute Gasteiger partial charge is 0.489 e. The highest BCUT2D eigenvalue weighted by Gasteiger charge is 2.17. The lowest BCUT2D eigenvalue weighted by Crippen LogP contribution is -2.22. The van der Waals surface area contributed by atoms with Crippen LogP contribution in [0.4, 0.5) is 8.78 Å². The second kappa shape index (κ2) is 9.83. The van der Waals surface area contributed by atoms with Crippen LogP contribution in [0.1, 0.15) is 30.4 Å². The van der Waals surface area contributed by atoms with E-state index in [-0.39, 0.29) is 18.5 Å². The fraction of sp³-hybridized carbons (Fsp3) is 0.280. The van der Waals surface area contributed by atoms with Crippen molar-refractivity contribution in [1.29, 1.82) is 0 Å². The Labute approximate surface area is 175 Å². The normalized spacial score (nSPS) is 16.4. The molecule has 1 atom stereocenters. The van der Waals surface area contributed by atoms with E-state index in [2.05, 4.69) is 0 Å². The molecule has 0 N–H and O–H groups in total. The molecule has 0 aromatic heterocycles. The standard InChI is InChI=1S/C25H24F2O3/c26-22-14-19(17-30-24-8-4-5-13-28-24)15-23(27)25(22)20-9-11-21(12-10-20)29-16-18-6-2-1-3-7-18/h1-3,6-7,9-12,14-15,24H,4-5,8,13,16-17H2. The Bertz CT molecular complexity index is 929. The molecule has 1 aliphatic heterocycles. The van der Waals surface area contributed by atoms with Crippen LogP contribution in [-0.2, 0) is 22.7 Å². The van der Waals surface area contributed by atoms with Gasteiger partial charge in [-0.1, -0.05) is 42.5 Å². The molecule has 3 nitrogen and oxygen atoms in total. The Kier molecular flexibility index (Phi) is 6.72. The fourth-order valence-electron chi connectivity index (χ4n) is 3.48. The summed E-state index contributed by atoms with van der Waals surface area (Å²) >= 11 is 0. The van der Waals surface area contributed by atoms with Crippen molar-refractivity contribution in [3.63, 3.8) is 0 Å². The summed E-state index contributed by atoms with van der Waals surface area (Å²) in [7, 11) is 0. The smallest absolute Gasteiger partial charge is 0.158 e. The highest BCUT2D eigenvalue weighted by molar-refractivity contribution is 5.66. The molecule has 3 aromatic rings. The molecule has 1 unspecified atom stereocenters. The Morgan fingerprint density at radius 1 is 0.833 bits per heavy atom. The first-order valence-corrected chi connectivity index (χ1v) is 10.2. The number of halogens is 2. The van der Waals surface area contributed by atoms with Gasteiger partial charge in [0.25, 0.3) is 0 Å². The molecule has 1 heterocycles. The van der Waals surface area contributed by atoms with Crippen LogP contribution in [0.25, 0.3) is 11.1 Å². The van der Waals surface area contributed by atoms with E-state index in [1.807, 2.05) is 30.3 Å². The van der Waals surface area contributed by atoms with Gasteiger partial charge in [-0.25, -0.2) is 8.78 Å². The van der Waals surface area contributed by atoms with Crippen molar-refractivity contribution in [2.45, 2.75) is 38.8 Å². The molecule has 1 saturated heterocycles. The number of hydrogen-bond acceptors (Lipinski definition) is 3. The van der Waals surface area contributed by atoms with Gasteiger partial charge in [0.2, 0.25) is 0 Å². The predicted molar refractivity (Wildman–Crippen MR) is 111 cm³/mol. The maximum Gasteiger partial charge on any atom is 0.158 e. The lowest BCUT2D eigenvalue weighted by atomic mass is 10.0. The summed E-state index contributed by atoms with van der Waals surface area (Å²) < 4.78 is 46.2. The molecule has 3 aromatic carbocycles. The van der Waals surface area contributed by atoms with E-state index in [0.29, 0.717) is 30.1 Å². The monoisotopic (exact) mass is 410 g/mol. The summed E-state index contributed by atoms with van der Waals surface area (Å²) in [6.07, 6.45) is 2.57. The lowest BCUT2D eigenvalue weighted by molar-refractivity contribution is -0.169. The minimum Gasteiger partial charge on any atom is -0.489 e. The van der Waals surface area contributed by atoms with Crippen LogP contribution in [0.5, 0.6) is 5.75 Å². The third kappa shape index (κ3) is 5.23. The van der Waals surface area contributed by atoms with Gasteiger partial charge in [-0.15, -0.1) is 0 Å². The summed E-state index contributed by atoms with van der Waals surface area (Å²) in [5, 5.41) is 0. The number of hydrogen-bond donors (Lipinski definition) is 0. The minimum absolute atomic E-state index is 0.0534. The van der Waals surface area contributed by atoms with Gasteiger partial charge in [-0.05, 0) is 60.2 Å². The van der Waals surface area contributed by atoms with Crippen molar-refractivity contribution in [2.24, 2.45) is 0 Å². The Hall–Kier alpha value is -2.76. The molecule has 4 rings (SSSR count). The third-order valence-electron chi connectivity index (χ3n) is 5.07. The van der Waals surface area contributed by atoms with E-state index in [9.17, 15) is 8.78 Å². The molecular formula is C25H24F2O3. The fourth-order valence-corrected chi connectivity index (χ4v) is 3.48. The van der Waals surface area contributed by atoms with Crippen LogP contribution in [-0.4, -0.2) is 12.9 Å². The lowest BCUT2D eigenvalue weighted by Gasteiger charge is -2.22. The average molecular weight is 410 g/mol. The molecule has 0 bridgehead atoms. The second-order valence-corrected chi connectivity index (χ2v) is 7.34. The summed E-state index contributed by atoms with van der Waals surface area (Å²) in [5.74, 6) is -0.590. The molecule has 0 saturated carbocycles. The van der Waals surface area contributed by atoms with Crippen LogP contribution in [0.15, 0.2) is 66.7 Å². The van der Waals surface area contributed by atoms with Crippen LogP contribution < -0.4 is 4.74 Å². The van der Waals surface area contributed by atoms with Crippen molar-refractivity contribution < 1.29 is 23.0 Å². The summed E-state index contributed by atoms with van der Waals surface area (Å²) in [6.45, 7) is 1.21. The van der Waals surface area contributed by atoms with Crippen molar-refractivity contribution in [3.05, 3.63) is 89.5 Å². The maximum atomic E-state index is 14.7.